The van der Waals surface area contributed by atoms with Crippen LogP contribution in [0.15, 0.2) is 0 Å². The zero-order chi connectivity index (χ0) is 12.3. The molecule has 3 unspecified atom stereocenters. The highest BCUT2D eigenvalue weighted by Gasteiger charge is 2.49. The normalized spacial score (nSPS) is 40.8. The van der Waals surface area contributed by atoms with Crippen LogP contribution >= 0.6 is 0 Å². The molecule has 0 N–H and O–H groups in total. The van der Waals surface area contributed by atoms with Gasteiger partial charge in [-0.1, -0.05) is 0 Å². The average molecular weight is 262 g/mol. The molecule has 0 radical (unpaired) electrons. The first-order chi connectivity index (χ1) is 8.15. The second-order valence-electron chi connectivity index (χ2n) is 4.67. The fraction of sp³-hybridized carbons (Fsp3) is 1.00. The van der Waals surface area contributed by atoms with Crippen molar-refractivity contribution in [1.82, 2.24) is 0 Å². The molecular weight excluding hydrogens is 240 g/mol. The monoisotopic (exact) mass is 262 g/mol. The van der Waals surface area contributed by atoms with E-state index in [1.165, 1.54) is 0 Å². The van der Waals surface area contributed by atoms with E-state index in [-0.39, 0.29) is 12.2 Å². The van der Waals surface area contributed by atoms with Gasteiger partial charge in [-0.25, -0.2) is 0 Å². The minimum Gasteiger partial charge on any atom is -0.379 e. The first-order valence-electron chi connectivity index (χ1n) is 6.25. The molecule has 0 spiro atoms. The van der Waals surface area contributed by atoms with Crippen LogP contribution in [0.4, 0.5) is 0 Å². The second-order valence-corrected chi connectivity index (χ2v) is 7.41. The van der Waals surface area contributed by atoms with Crippen LogP contribution in [0.5, 0.6) is 0 Å². The van der Waals surface area contributed by atoms with Crippen molar-refractivity contribution in [2.75, 3.05) is 26.9 Å². The summed E-state index contributed by atoms with van der Waals surface area (Å²) in [5.74, 6) is 0. The van der Waals surface area contributed by atoms with Crippen molar-refractivity contribution < 1.29 is 22.8 Å². The number of rotatable bonds is 7. The van der Waals surface area contributed by atoms with E-state index in [0.717, 1.165) is 19.1 Å². The van der Waals surface area contributed by atoms with Crippen molar-refractivity contribution in [3.8, 4) is 0 Å². The van der Waals surface area contributed by atoms with Gasteiger partial charge in [-0.05, 0) is 20.3 Å². The molecule has 0 bridgehead atoms. The molecule has 0 aliphatic carbocycles. The predicted octanol–water partition coefficient (Wildman–Crippen LogP) is 1.20. The van der Waals surface area contributed by atoms with Crippen molar-refractivity contribution in [2.24, 2.45) is 0 Å². The molecule has 2 aliphatic heterocycles. The van der Waals surface area contributed by atoms with E-state index < -0.39 is 8.80 Å². The van der Waals surface area contributed by atoms with E-state index in [1.807, 2.05) is 13.8 Å². The fourth-order valence-corrected chi connectivity index (χ4v) is 4.65. The maximum Gasteiger partial charge on any atom is 0.501 e. The van der Waals surface area contributed by atoms with Gasteiger partial charge in [-0.3, -0.25) is 0 Å². The Morgan fingerprint density at radius 2 is 1.88 bits per heavy atom. The smallest absolute Gasteiger partial charge is 0.379 e. The largest absolute Gasteiger partial charge is 0.501 e. The van der Waals surface area contributed by atoms with Gasteiger partial charge in [0.2, 0.25) is 0 Å². The Balaban J connectivity index is 1.64. The molecular formula is C11H22O5Si. The van der Waals surface area contributed by atoms with Crippen molar-refractivity contribution in [3.63, 3.8) is 0 Å². The highest BCUT2D eigenvalue weighted by molar-refractivity contribution is 6.61. The Kier molecular flexibility index (Phi) is 4.57. The van der Waals surface area contributed by atoms with Crippen LogP contribution in [-0.2, 0) is 22.8 Å². The van der Waals surface area contributed by atoms with Crippen LogP contribution < -0.4 is 0 Å². The van der Waals surface area contributed by atoms with Crippen molar-refractivity contribution in [3.05, 3.63) is 0 Å². The Morgan fingerprint density at radius 3 is 2.41 bits per heavy atom. The van der Waals surface area contributed by atoms with Gasteiger partial charge in [0.15, 0.2) is 0 Å². The lowest BCUT2D eigenvalue weighted by atomic mass is 10.3. The van der Waals surface area contributed by atoms with Crippen LogP contribution in [0.1, 0.15) is 20.3 Å². The summed E-state index contributed by atoms with van der Waals surface area (Å²) in [7, 11) is -0.729. The molecule has 0 aromatic carbocycles. The van der Waals surface area contributed by atoms with Gasteiger partial charge in [0.1, 0.15) is 6.10 Å². The molecule has 0 aromatic rings. The van der Waals surface area contributed by atoms with Crippen LogP contribution in [0, 0.1) is 0 Å². The van der Waals surface area contributed by atoms with Gasteiger partial charge in [0, 0.05) is 19.8 Å². The molecule has 0 aromatic heterocycles. The SMILES string of the molecule is CO[Si]1(CCCOCC2CO2)OC(C)C(C)O1. The molecule has 2 aliphatic rings. The van der Waals surface area contributed by atoms with Crippen molar-refractivity contribution in [2.45, 2.75) is 44.6 Å². The summed E-state index contributed by atoms with van der Waals surface area (Å²) >= 11 is 0. The topological polar surface area (TPSA) is 49.5 Å². The maximum atomic E-state index is 5.86. The van der Waals surface area contributed by atoms with E-state index in [1.54, 1.807) is 7.11 Å². The van der Waals surface area contributed by atoms with Gasteiger partial charge < -0.3 is 22.8 Å². The molecule has 2 rings (SSSR count). The molecule has 5 nitrogen and oxygen atoms in total. The van der Waals surface area contributed by atoms with Gasteiger partial charge in [-0.2, -0.15) is 0 Å². The molecule has 100 valence electrons. The lowest BCUT2D eigenvalue weighted by Crippen LogP contribution is -2.40. The highest BCUT2D eigenvalue weighted by Crippen LogP contribution is 2.29. The molecule has 2 saturated heterocycles. The molecule has 2 heterocycles. The van der Waals surface area contributed by atoms with Crippen LogP contribution in [0.25, 0.3) is 0 Å². The third-order valence-corrected chi connectivity index (χ3v) is 6.23. The third kappa shape index (κ3) is 3.74. The summed E-state index contributed by atoms with van der Waals surface area (Å²) < 4.78 is 27.8. The zero-order valence-corrected chi connectivity index (χ0v) is 11.8. The van der Waals surface area contributed by atoms with E-state index in [2.05, 4.69) is 0 Å². The summed E-state index contributed by atoms with van der Waals surface area (Å²) in [5.41, 5.74) is 0. The average Bonchev–Trinajstić information content (AvgIpc) is 3.07. The molecule has 0 saturated carbocycles. The van der Waals surface area contributed by atoms with E-state index in [9.17, 15) is 0 Å². The van der Waals surface area contributed by atoms with E-state index in [0.29, 0.717) is 19.3 Å². The van der Waals surface area contributed by atoms with E-state index in [4.69, 9.17) is 22.8 Å². The number of ether oxygens (including phenoxy) is 2. The summed E-state index contributed by atoms with van der Waals surface area (Å²) in [6, 6.07) is 0.823. The molecule has 3 atom stereocenters. The van der Waals surface area contributed by atoms with Crippen LogP contribution in [0.2, 0.25) is 6.04 Å². The molecule has 2 fully saturated rings. The summed E-state index contributed by atoms with van der Waals surface area (Å²) in [4.78, 5) is 0. The second kappa shape index (κ2) is 5.77. The fourth-order valence-electron chi connectivity index (χ4n) is 1.87. The maximum absolute atomic E-state index is 5.86. The van der Waals surface area contributed by atoms with Crippen molar-refractivity contribution in [1.29, 1.82) is 0 Å². The standard InChI is InChI=1S/C11H22O5Si/c1-9-10(2)16-17(12-3,15-9)6-4-5-13-7-11-8-14-11/h9-11H,4-8H2,1-3H3. The predicted molar refractivity (Wildman–Crippen MR) is 63.8 cm³/mol. The van der Waals surface area contributed by atoms with Gasteiger partial charge in [-0.15, -0.1) is 0 Å². The van der Waals surface area contributed by atoms with Crippen molar-refractivity contribution >= 4 is 8.80 Å². The molecule has 0 amide bonds. The lowest BCUT2D eigenvalue weighted by Gasteiger charge is -2.21. The molecule has 17 heavy (non-hydrogen) atoms. The summed E-state index contributed by atoms with van der Waals surface area (Å²) in [5, 5.41) is 0. The number of epoxide rings is 1. The minimum atomic E-state index is -2.41. The highest BCUT2D eigenvalue weighted by atomic mass is 28.4. The number of hydrogen-bond donors (Lipinski definition) is 0. The zero-order valence-electron chi connectivity index (χ0n) is 10.8. The number of hydrogen-bond acceptors (Lipinski definition) is 5. The van der Waals surface area contributed by atoms with Gasteiger partial charge >= 0.3 is 8.80 Å². The Morgan fingerprint density at radius 1 is 1.24 bits per heavy atom. The van der Waals surface area contributed by atoms with Crippen LogP contribution in [0.3, 0.4) is 0 Å². The third-order valence-electron chi connectivity index (χ3n) is 3.18. The molecule has 6 heteroatoms. The van der Waals surface area contributed by atoms with Gasteiger partial charge in [0.05, 0.1) is 25.4 Å². The van der Waals surface area contributed by atoms with E-state index >= 15 is 0 Å². The Labute approximate surface area is 104 Å². The first kappa shape index (κ1) is 13.4. The minimum absolute atomic E-state index is 0.127. The summed E-state index contributed by atoms with van der Waals surface area (Å²) in [6.45, 7) is 6.32. The van der Waals surface area contributed by atoms with Gasteiger partial charge in [0.25, 0.3) is 0 Å². The Bertz CT molecular complexity index is 236. The first-order valence-corrected chi connectivity index (χ1v) is 8.18. The Hall–Kier alpha value is 0.0169. The summed E-state index contributed by atoms with van der Waals surface area (Å²) in [6.07, 6.45) is 1.50. The quantitative estimate of drug-likeness (QED) is 0.392. The van der Waals surface area contributed by atoms with Crippen LogP contribution in [-0.4, -0.2) is 54.0 Å². The lowest BCUT2D eigenvalue weighted by molar-refractivity contribution is 0.109.